The molecular formula is C13H15N3OS. The summed E-state index contributed by atoms with van der Waals surface area (Å²) in [5.41, 5.74) is 7.54. The second-order valence-corrected chi connectivity index (χ2v) is 5.15. The van der Waals surface area contributed by atoms with Crippen LogP contribution in [0.3, 0.4) is 0 Å². The molecule has 0 spiro atoms. The third-order valence-corrected chi connectivity index (χ3v) is 3.44. The SMILES string of the molecule is Cc1cc(=O)[nH]c(Sc2ccccc2[C@H](C)N)n1. The Labute approximate surface area is 110 Å². The molecule has 5 heteroatoms. The first-order valence-corrected chi connectivity index (χ1v) is 6.48. The molecule has 0 bridgehead atoms. The zero-order valence-electron chi connectivity index (χ0n) is 10.3. The highest BCUT2D eigenvalue weighted by Crippen LogP contribution is 2.30. The predicted octanol–water partition coefficient (Wildman–Crippen LogP) is 2.25. The lowest BCUT2D eigenvalue weighted by Crippen LogP contribution is -2.09. The molecule has 0 aliphatic heterocycles. The molecule has 1 heterocycles. The minimum atomic E-state index is -0.136. The van der Waals surface area contributed by atoms with Gasteiger partial charge in [0.2, 0.25) is 0 Å². The van der Waals surface area contributed by atoms with Crippen molar-refractivity contribution in [1.29, 1.82) is 0 Å². The molecule has 0 aliphatic carbocycles. The van der Waals surface area contributed by atoms with Gasteiger partial charge in [-0.1, -0.05) is 30.0 Å². The molecule has 2 rings (SSSR count). The summed E-state index contributed by atoms with van der Waals surface area (Å²) in [5, 5.41) is 0.591. The Bertz CT molecular complexity index is 607. The first-order valence-electron chi connectivity index (χ1n) is 5.66. The van der Waals surface area contributed by atoms with Crippen LogP contribution in [0.4, 0.5) is 0 Å². The summed E-state index contributed by atoms with van der Waals surface area (Å²) in [6, 6.07) is 9.29. The van der Waals surface area contributed by atoms with E-state index in [0.29, 0.717) is 10.9 Å². The standard InChI is InChI=1S/C13H15N3OS/c1-8-7-12(17)16-13(15-8)18-11-6-4-3-5-10(11)9(2)14/h3-7,9H,14H2,1-2H3,(H,15,16,17)/t9-/m0/s1. The quantitative estimate of drug-likeness (QED) is 0.831. The lowest BCUT2D eigenvalue weighted by atomic mass is 10.1. The maximum Gasteiger partial charge on any atom is 0.251 e. The first kappa shape index (κ1) is 12.9. The summed E-state index contributed by atoms with van der Waals surface area (Å²) in [6.07, 6.45) is 0. The lowest BCUT2D eigenvalue weighted by molar-refractivity contribution is 0.796. The molecule has 0 amide bonds. The number of H-pyrrole nitrogens is 1. The molecule has 1 atom stereocenters. The summed E-state index contributed by atoms with van der Waals surface area (Å²) >= 11 is 1.42. The Morgan fingerprint density at radius 2 is 2.11 bits per heavy atom. The van der Waals surface area contributed by atoms with E-state index in [4.69, 9.17) is 5.73 Å². The van der Waals surface area contributed by atoms with E-state index in [9.17, 15) is 4.79 Å². The monoisotopic (exact) mass is 261 g/mol. The molecule has 94 valence electrons. The fourth-order valence-electron chi connectivity index (χ4n) is 1.65. The van der Waals surface area contributed by atoms with Crippen molar-refractivity contribution in [3.8, 4) is 0 Å². The predicted molar refractivity (Wildman–Crippen MR) is 72.8 cm³/mol. The molecule has 0 fully saturated rings. The molecule has 4 nitrogen and oxygen atoms in total. The van der Waals surface area contributed by atoms with E-state index < -0.39 is 0 Å². The van der Waals surface area contributed by atoms with E-state index in [1.165, 1.54) is 17.8 Å². The summed E-state index contributed by atoms with van der Waals surface area (Å²) < 4.78 is 0. The summed E-state index contributed by atoms with van der Waals surface area (Å²) in [7, 11) is 0. The topological polar surface area (TPSA) is 71.8 Å². The third-order valence-electron chi connectivity index (χ3n) is 2.46. The van der Waals surface area contributed by atoms with Gasteiger partial charge >= 0.3 is 0 Å². The van der Waals surface area contributed by atoms with Crippen molar-refractivity contribution in [2.45, 2.75) is 29.9 Å². The number of nitrogens with zero attached hydrogens (tertiary/aromatic N) is 1. The van der Waals surface area contributed by atoms with Gasteiger partial charge in [0.15, 0.2) is 5.16 Å². The van der Waals surface area contributed by atoms with Gasteiger partial charge in [0, 0.05) is 22.7 Å². The zero-order chi connectivity index (χ0) is 13.1. The molecule has 2 aromatic rings. The number of rotatable bonds is 3. The molecule has 0 saturated carbocycles. The van der Waals surface area contributed by atoms with Gasteiger partial charge in [0.05, 0.1) is 0 Å². The number of nitrogens with two attached hydrogens (primary N) is 1. The maximum absolute atomic E-state index is 11.4. The van der Waals surface area contributed by atoms with Crippen molar-refractivity contribution in [2.75, 3.05) is 0 Å². The molecule has 0 aliphatic rings. The first-order chi connectivity index (χ1) is 8.56. The van der Waals surface area contributed by atoms with Crippen LogP contribution in [0, 0.1) is 6.92 Å². The molecule has 1 aromatic heterocycles. The van der Waals surface area contributed by atoms with Crippen molar-refractivity contribution in [2.24, 2.45) is 5.73 Å². The summed E-state index contributed by atoms with van der Waals surface area (Å²) in [5.74, 6) is 0. The Morgan fingerprint density at radius 3 is 2.78 bits per heavy atom. The molecule has 0 unspecified atom stereocenters. The number of aromatic nitrogens is 2. The Morgan fingerprint density at radius 1 is 1.39 bits per heavy atom. The van der Waals surface area contributed by atoms with E-state index in [0.717, 1.165) is 10.5 Å². The fraction of sp³-hybridized carbons (Fsp3) is 0.231. The summed E-state index contributed by atoms with van der Waals surface area (Å²) in [4.78, 5) is 19.4. The van der Waals surface area contributed by atoms with Crippen LogP contribution in [0.2, 0.25) is 0 Å². The molecular weight excluding hydrogens is 246 g/mol. The third kappa shape index (κ3) is 3.00. The van der Waals surface area contributed by atoms with Crippen LogP contribution in [0.5, 0.6) is 0 Å². The smallest absolute Gasteiger partial charge is 0.251 e. The van der Waals surface area contributed by atoms with Crippen LogP contribution in [0.15, 0.2) is 45.2 Å². The van der Waals surface area contributed by atoms with Crippen molar-refractivity contribution in [1.82, 2.24) is 9.97 Å². The highest BCUT2D eigenvalue weighted by Gasteiger charge is 2.09. The van der Waals surface area contributed by atoms with Crippen molar-refractivity contribution in [3.05, 3.63) is 51.9 Å². The normalized spacial score (nSPS) is 12.4. The number of nitrogens with one attached hydrogen (secondary N) is 1. The second kappa shape index (κ2) is 5.37. The molecule has 0 radical (unpaired) electrons. The molecule has 3 N–H and O–H groups in total. The number of aromatic amines is 1. The van der Waals surface area contributed by atoms with Crippen LogP contribution in [0.25, 0.3) is 0 Å². The van der Waals surface area contributed by atoms with Crippen LogP contribution >= 0.6 is 11.8 Å². The maximum atomic E-state index is 11.4. The molecule has 0 saturated heterocycles. The summed E-state index contributed by atoms with van der Waals surface area (Å²) in [6.45, 7) is 3.74. The van der Waals surface area contributed by atoms with Gasteiger partial charge in [0.25, 0.3) is 5.56 Å². The van der Waals surface area contributed by atoms with Gasteiger partial charge < -0.3 is 10.7 Å². The van der Waals surface area contributed by atoms with Gasteiger partial charge in [0.1, 0.15) is 0 Å². The minimum Gasteiger partial charge on any atom is -0.324 e. The minimum absolute atomic E-state index is 0.0507. The van der Waals surface area contributed by atoms with Crippen LogP contribution < -0.4 is 11.3 Å². The number of benzene rings is 1. The zero-order valence-corrected chi connectivity index (χ0v) is 11.1. The van der Waals surface area contributed by atoms with Crippen LogP contribution in [-0.4, -0.2) is 9.97 Å². The number of hydrogen-bond donors (Lipinski definition) is 2. The molecule has 18 heavy (non-hydrogen) atoms. The molecule has 1 aromatic carbocycles. The van der Waals surface area contributed by atoms with Crippen LogP contribution in [0.1, 0.15) is 24.2 Å². The Hall–Kier alpha value is -1.59. The fourth-order valence-corrected chi connectivity index (χ4v) is 2.72. The van der Waals surface area contributed by atoms with Crippen molar-refractivity contribution in [3.63, 3.8) is 0 Å². The van der Waals surface area contributed by atoms with Gasteiger partial charge in [-0.15, -0.1) is 0 Å². The van der Waals surface area contributed by atoms with E-state index in [1.54, 1.807) is 6.92 Å². The van der Waals surface area contributed by atoms with E-state index in [-0.39, 0.29) is 11.6 Å². The largest absolute Gasteiger partial charge is 0.324 e. The lowest BCUT2D eigenvalue weighted by Gasteiger charge is -2.11. The highest BCUT2D eigenvalue weighted by molar-refractivity contribution is 7.99. The van der Waals surface area contributed by atoms with E-state index in [1.807, 2.05) is 31.2 Å². The van der Waals surface area contributed by atoms with Crippen molar-refractivity contribution >= 4 is 11.8 Å². The highest BCUT2D eigenvalue weighted by atomic mass is 32.2. The Balaban J connectivity index is 2.37. The van der Waals surface area contributed by atoms with Gasteiger partial charge in [-0.3, -0.25) is 4.79 Å². The van der Waals surface area contributed by atoms with Gasteiger partial charge in [-0.2, -0.15) is 0 Å². The number of hydrogen-bond acceptors (Lipinski definition) is 4. The average Bonchev–Trinajstić information content (AvgIpc) is 2.27. The van der Waals surface area contributed by atoms with Crippen molar-refractivity contribution < 1.29 is 0 Å². The second-order valence-electron chi connectivity index (χ2n) is 4.12. The van der Waals surface area contributed by atoms with Gasteiger partial charge in [-0.25, -0.2) is 4.98 Å². The number of aryl methyl sites for hydroxylation is 1. The Kier molecular flexibility index (Phi) is 3.84. The van der Waals surface area contributed by atoms with E-state index in [2.05, 4.69) is 9.97 Å². The van der Waals surface area contributed by atoms with Crippen LogP contribution in [-0.2, 0) is 0 Å². The van der Waals surface area contributed by atoms with E-state index >= 15 is 0 Å². The average molecular weight is 261 g/mol. The van der Waals surface area contributed by atoms with Gasteiger partial charge in [-0.05, 0) is 25.5 Å².